The predicted molar refractivity (Wildman–Crippen MR) is 124 cm³/mol. The SMILES string of the molecule is CC(CCCn1ncc2cc(-c3ncc(C(F)(F)F)cn3)ccc2c1=O)Nc1cn[nH]c(=O)c1C(F)(F)F. The molecule has 0 saturated carbocycles. The van der Waals surface area contributed by atoms with E-state index in [0.717, 1.165) is 6.20 Å². The van der Waals surface area contributed by atoms with Crippen molar-refractivity contribution in [2.75, 3.05) is 5.32 Å². The standard InChI is InChI=1S/C23H19F6N7O2/c1-12(34-17-11-32-35-20(37)18(17)23(27,28)29)3-2-6-36-21(38)16-5-4-13(7-14(16)8-33-36)19-30-9-15(10-31-19)22(24,25)26/h4-5,7-12H,2-3,6H2,1H3,(H2,34,35,37). The largest absolute Gasteiger partial charge is 0.423 e. The van der Waals surface area contributed by atoms with Gasteiger partial charge in [0.15, 0.2) is 5.82 Å². The van der Waals surface area contributed by atoms with Crippen LogP contribution < -0.4 is 16.4 Å². The monoisotopic (exact) mass is 539 g/mol. The fourth-order valence-electron chi connectivity index (χ4n) is 3.78. The van der Waals surface area contributed by atoms with E-state index in [1.54, 1.807) is 12.0 Å². The number of H-pyrrole nitrogens is 1. The molecule has 0 bridgehead atoms. The van der Waals surface area contributed by atoms with Gasteiger partial charge in [0.1, 0.15) is 5.56 Å². The average Bonchev–Trinajstić information content (AvgIpc) is 2.84. The number of hydrogen-bond donors (Lipinski definition) is 2. The zero-order chi connectivity index (χ0) is 27.7. The van der Waals surface area contributed by atoms with Gasteiger partial charge >= 0.3 is 12.4 Å². The van der Waals surface area contributed by atoms with Crippen LogP contribution >= 0.6 is 0 Å². The van der Waals surface area contributed by atoms with Crippen molar-refractivity contribution in [2.45, 2.75) is 44.7 Å². The Labute approximate surface area is 209 Å². The second-order valence-corrected chi connectivity index (χ2v) is 8.44. The van der Waals surface area contributed by atoms with Crippen molar-refractivity contribution >= 4 is 16.5 Å². The van der Waals surface area contributed by atoms with Crippen LogP contribution in [0.5, 0.6) is 0 Å². The van der Waals surface area contributed by atoms with Gasteiger partial charge in [-0.15, -0.1) is 0 Å². The van der Waals surface area contributed by atoms with E-state index in [4.69, 9.17) is 0 Å². The van der Waals surface area contributed by atoms with Crippen molar-refractivity contribution in [3.05, 3.63) is 74.8 Å². The molecular weight excluding hydrogens is 520 g/mol. The van der Waals surface area contributed by atoms with E-state index in [2.05, 4.69) is 25.5 Å². The van der Waals surface area contributed by atoms with E-state index in [0.29, 0.717) is 41.6 Å². The molecule has 0 fully saturated rings. The van der Waals surface area contributed by atoms with Crippen LogP contribution in [0.4, 0.5) is 32.0 Å². The van der Waals surface area contributed by atoms with E-state index in [1.807, 2.05) is 0 Å². The van der Waals surface area contributed by atoms with Gasteiger partial charge in [-0.05, 0) is 31.9 Å². The van der Waals surface area contributed by atoms with Gasteiger partial charge in [0, 0.05) is 35.9 Å². The number of hydrogen-bond acceptors (Lipinski definition) is 7. The lowest BCUT2D eigenvalue weighted by molar-refractivity contribution is -0.139. The molecule has 0 aliphatic carbocycles. The quantitative estimate of drug-likeness (QED) is 0.337. The second kappa shape index (κ2) is 10.2. The number of benzene rings is 1. The Balaban J connectivity index is 1.43. The number of rotatable bonds is 7. The molecule has 0 radical (unpaired) electrons. The van der Waals surface area contributed by atoms with Crippen LogP contribution in [0.3, 0.4) is 0 Å². The van der Waals surface area contributed by atoms with Gasteiger partial charge < -0.3 is 5.32 Å². The summed E-state index contributed by atoms with van der Waals surface area (Å²) in [4.78, 5) is 31.9. The predicted octanol–water partition coefficient (Wildman–Crippen LogP) is 4.26. The minimum absolute atomic E-state index is 0.0508. The van der Waals surface area contributed by atoms with E-state index in [-0.39, 0.29) is 12.4 Å². The molecule has 0 amide bonds. The van der Waals surface area contributed by atoms with Crippen LogP contribution in [0.2, 0.25) is 0 Å². The van der Waals surface area contributed by atoms with Crippen LogP contribution in [-0.4, -0.2) is 36.0 Å². The molecular formula is C23H19F6N7O2. The normalized spacial score (nSPS) is 13.0. The summed E-state index contributed by atoms with van der Waals surface area (Å²) in [7, 11) is 0. The van der Waals surface area contributed by atoms with E-state index in [9.17, 15) is 35.9 Å². The second-order valence-electron chi connectivity index (χ2n) is 8.44. The Hall–Kier alpha value is -4.30. The van der Waals surface area contributed by atoms with Gasteiger partial charge in [-0.1, -0.05) is 6.07 Å². The lowest BCUT2D eigenvalue weighted by Gasteiger charge is -2.18. The van der Waals surface area contributed by atoms with Gasteiger partial charge in [0.05, 0.1) is 29.0 Å². The zero-order valence-electron chi connectivity index (χ0n) is 19.6. The molecule has 1 atom stereocenters. The minimum atomic E-state index is -4.86. The van der Waals surface area contributed by atoms with Crippen molar-refractivity contribution in [1.29, 1.82) is 0 Å². The number of aryl methyl sites for hydroxylation is 1. The molecule has 0 saturated heterocycles. The lowest BCUT2D eigenvalue weighted by atomic mass is 10.1. The summed E-state index contributed by atoms with van der Waals surface area (Å²) in [6.45, 7) is 1.80. The van der Waals surface area contributed by atoms with Crippen LogP contribution in [0, 0.1) is 0 Å². The molecule has 0 aliphatic heterocycles. The number of aromatic nitrogens is 6. The maximum absolute atomic E-state index is 13.2. The highest BCUT2D eigenvalue weighted by atomic mass is 19.4. The first kappa shape index (κ1) is 26.8. The van der Waals surface area contributed by atoms with Crippen molar-refractivity contribution in [3.8, 4) is 11.4 Å². The van der Waals surface area contributed by atoms with Crippen molar-refractivity contribution in [2.24, 2.45) is 0 Å². The summed E-state index contributed by atoms with van der Waals surface area (Å²) >= 11 is 0. The van der Waals surface area contributed by atoms with Crippen LogP contribution in [0.15, 0.2) is 52.6 Å². The van der Waals surface area contributed by atoms with Gasteiger partial charge in [-0.3, -0.25) is 9.59 Å². The Morgan fingerprint density at radius 2 is 1.71 bits per heavy atom. The minimum Gasteiger partial charge on any atom is -0.381 e. The third-order valence-corrected chi connectivity index (χ3v) is 5.64. The summed E-state index contributed by atoms with van der Waals surface area (Å²) in [5.74, 6) is 0.0508. The Bertz CT molecular complexity index is 1560. The van der Waals surface area contributed by atoms with Crippen LogP contribution in [-0.2, 0) is 18.9 Å². The van der Waals surface area contributed by atoms with Gasteiger partial charge in [-0.2, -0.15) is 36.5 Å². The van der Waals surface area contributed by atoms with E-state index >= 15 is 0 Å². The molecule has 3 heterocycles. The van der Waals surface area contributed by atoms with Crippen molar-refractivity contribution < 1.29 is 26.3 Å². The Morgan fingerprint density at radius 3 is 2.37 bits per heavy atom. The molecule has 200 valence electrons. The first-order chi connectivity index (χ1) is 17.8. The molecule has 3 aromatic heterocycles. The maximum atomic E-state index is 13.2. The molecule has 0 spiro atoms. The van der Waals surface area contributed by atoms with E-state index in [1.165, 1.54) is 29.1 Å². The third kappa shape index (κ3) is 5.81. The Morgan fingerprint density at radius 1 is 1.00 bits per heavy atom. The van der Waals surface area contributed by atoms with Gasteiger partial charge in [-0.25, -0.2) is 19.7 Å². The molecule has 2 N–H and O–H groups in total. The maximum Gasteiger partial charge on any atom is 0.423 e. The molecule has 1 unspecified atom stereocenters. The molecule has 38 heavy (non-hydrogen) atoms. The summed E-state index contributed by atoms with van der Waals surface area (Å²) in [5.41, 5.74) is -4.16. The van der Waals surface area contributed by atoms with Crippen LogP contribution in [0.1, 0.15) is 30.9 Å². The molecule has 9 nitrogen and oxygen atoms in total. The fourth-order valence-corrected chi connectivity index (χ4v) is 3.78. The summed E-state index contributed by atoms with van der Waals surface area (Å²) < 4.78 is 79.0. The first-order valence-corrected chi connectivity index (χ1v) is 11.2. The fraction of sp³-hybridized carbons (Fsp3) is 0.304. The first-order valence-electron chi connectivity index (χ1n) is 11.2. The number of aromatic amines is 1. The highest BCUT2D eigenvalue weighted by molar-refractivity contribution is 5.84. The Kier molecular flexibility index (Phi) is 7.20. The number of halogens is 6. The average molecular weight is 539 g/mol. The molecule has 0 aliphatic rings. The van der Waals surface area contributed by atoms with Crippen molar-refractivity contribution in [1.82, 2.24) is 29.9 Å². The summed E-state index contributed by atoms with van der Waals surface area (Å²) in [6.07, 6.45) is -5.04. The zero-order valence-corrected chi connectivity index (χ0v) is 19.6. The number of nitrogens with one attached hydrogen (secondary N) is 2. The number of nitrogens with zero attached hydrogens (tertiary/aromatic N) is 5. The topological polar surface area (TPSA) is 118 Å². The number of anilines is 1. The number of fused-ring (bicyclic) bond motifs is 1. The van der Waals surface area contributed by atoms with Gasteiger partial charge in [0.25, 0.3) is 11.1 Å². The molecule has 1 aromatic carbocycles. The number of alkyl halides is 6. The molecule has 15 heteroatoms. The third-order valence-electron chi connectivity index (χ3n) is 5.64. The summed E-state index contributed by atoms with van der Waals surface area (Å²) in [6, 6.07) is 4.06. The van der Waals surface area contributed by atoms with E-state index < -0.39 is 46.3 Å². The molecule has 4 rings (SSSR count). The highest BCUT2D eigenvalue weighted by Crippen LogP contribution is 2.32. The van der Waals surface area contributed by atoms with Gasteiger partial charge in [0.2, 0.25) is 0 Å². The lowest BCUT2D eigenvalue weighted by Crippen LogP contribution is -2.28. The van der Waals surface area contributed by atoms with Crippen molar-refractivity contribution in [3.63, 3.8) is 0 Å². The molecule has 4 aromatic rings. The highest BCUT2D eigenvalue weighted by Gasteiger charge is 2.37. The van der Waals surface area contributed by atoms with Crippen LogP contribution in [0.25, 0.3) is 22.2 Å². The smallest absolute Gasteiger partial charge is 0.381 e. The summed E-state index contributed by atoms with van der Waals surface area (Å²) in [5, 5.41) is 12.7.